The van der Waals surface area contributed by atoms with Gasteiger partial charge in [-0.15, -0.1) is 4.73 Å². The highest BCUT2D eigenvalue weighted by Crippen LogP contribution is 2.31. The van der Waals surface area contributed by atoms with Gasteiger partial charge in [0.15, 0.2) is 17.1 Å². The summed E-state index contributed by atoms with van der Waals surface area (Å²) < 4.78 is 11.6. The van der Waals surface area contributed by atoms with Gasteiger partial charge in [-0.25, -0.2) is 9.97 Å². The molecule has 1 aliphatic rings. The molecule has 2 N–H and O–H groups in total. The van der Waals surface area contributed by atoms with Crippen LogP contribution in [0.25, 0.3) is 11.0 Å². The number of nitrogens with zero attached hydrogens (tertiary/aromatic N) is 3. The third-order valence-corrected chi connectivity index (χ3v) is 4.05. The maximum absolute atomic E-state index is 11.9. The molecule has 0 bridgehead atoms. The summed E-state index contributed by atoms with van der Waals surface area (Å²) in [5.41, 5.74) is 1.82. The lowest BCUT2D eigenvalue weighted by atomic mass is 10.1. The monoisotopic (exact) mass is 340 g/mol. The molecule has 0 radical (unpaired) electrons. The number of pyridine rings is 1. The van der Waals surface area contributed by atoms with Crippen LogP contribution >= 0.6 is 0 Å². The Morgan fingerprint density at radius 2 is 2.00 bits per heavy atom. The lowest BCUT2D eigenvalue weighted by Gasteiger charge is -2.19. The van der Waals surface area contributed by atoms with Gasteiger partial charge in [-0.2, -0.15) is 0 Å². The fraction of sp³-hybridized carbons (Fsp3) is 0.235. The Hall–Kier alpha value is -3.29. The van der Waals surface area contributed by atoms with Crippen molar-refractivity contribution in [3.8, 4) is 11.5 Å². The van der Waals surface area contributed by atoms with Gasteiger partial charge in [0.1, 0.15) is 19.5 Å². The second kappa shape index (κ2) is 5.97. The molecule has 1 aromatic carbocycles. The van der Waals surface area contributed by atoms with E-state index in [1.165, 1.54) is 12.4 Å². The highest BCUT2D eigenvalue weighted by atomic mass is 16.6. The topological polar surface area (TPSA) is 98.5 Å². The third kappa shape index (κ3) is 2.71. The number of rotatable bonds is 3. The van der Waals surface area contributed by atoms with Crippen molar-refractivity contribution in [2.24, 2.45) is 0 Å². The lowest BCUT2D eigenvalue weighted by molar-refractivity contribution is 0.171. The molecule has 2 aromatic heterocycles. The molecule has 0 aliphatic carbocycles. The van der Waals surface area contributed by atoms with Crippen molar-refractivity contribution in [2.75, 3.05) is 18.5 Å². The fourth-order valence-electron chi connectivity index (χ4n) is 2.83. The molecule has 3 heterocycles. The van der Waals surface area contributed by atoms with E-state index in [-0.39, 0.29) is 5.65 Å². The Morgan fingerprint density at radius 3 is 2.84 bits per heavy atom. The van der Waals surface area contributed by atoms with E-state index in [1.54, 1.807) is 6.92 Å². The van der Waals surface area contributed by atoms with Crippen molar-refractivity contribution < 1.29 is 14.7 Å². The van der Waals surface area contributed by atoms with E-state index in [2.05, 4.69) is 15.3 Å². The smallest absolute Gasteiger partial charge is 0.286 e. The summed E-state index contributed by atoms with van der Waals surface area (Å²) in [6.07, 6.45) is 1.31. The van der Waals surface area contributed by atoms with Gasteiger partial charge in [0.25, 0.3) is 5.56 Å². The van der Waals surface area contributed by atoms with Gasteiger partial charge in [0.2, 0.25) is 0 Å². The maximum atomic E-state index is 11.9. The molecule has 1 aliphatic heterocycles. The number of aryl methyl sites for hydroxylation is 1. The van der Waals surface area contributed by atoms with Gasteiger partial charge in [-0.05, 0) is 24.6 Å². The van der Waals surface area contributed by atoms with Gasteiger partial charge in [0, 0.05) is 12.6 Å². The first kappa shape index (κ1) is 15.3. The van der Waals surface area contributed by atoms with E-state index in [9.17, 15) is 10.0 Å². The van der Waals surface area contributed by atoms with Crippen molar-refractivity contribution in [1.29, 1.82) is 0 Å². The number of nitrogens with one attached hydrogen (secondary N) is 1. The predicted molar refractivity (Wildman–Crippen MR) is 90.5 cm³/mol. The Bertz CT molecular complexity index is 1020. The minimum Gasteiger partial charge on any atom is -0.486 e. The minimum absolute atomic E-state index is 0.171. The summed E-state index contributed by atoms with van der Waals surface area (Å²) in [5.74, 6) is 1.44. The highest BCUT2D eigenvalue weighted by molar-refractivity contribution is 5.90. The SMILES string of the molecule is Cc1ncnc2c1c(NCc1ccc3c(c1)OCCO3)cc(=O)n2O. The third-order valence-electron chi connectivity index (χ3n) is 4.05. The van der Waals surface area contributed by atoms with E-state index < -0.39 is 5.56 Å². The number of aromatic nitrogens is 3. The van der Waals surface area contributed by atoms with E-state index in [4.69, 9.17) is 9.47 Å². The molecular weight excluding hydrogens is 324 g/mol. The average Bonchev–Trinajstić information content (AvgIpc) is 2.63. The minimum atomic E-state index is -0.560. The van der Waals surface area contributed by atoms with Crippen LogP contribution in [0.1, 0.15) is 11.3 Å². The van der Waals surface area contributed by atoms with Gasteiger partial charge in [-0.1, -0.05) is 6.07 Å². The first-order valence-electron chi connectivity index (χ1n) is 7.82. The van der Waals surface area contributed by atoms with Crippen molar-refractivity contribution >= 4 is 16.7 Å². The van der Waals surface area contributed by atoms with Crippen molar-refractivity contribution in [1.82, 2.24) is 14.7 Å². The highest BCUT2D eigenvalue weighted by Gasteiger charge is 2.14. The zero-order chi connectivity index (χ0) is 17.4. The van der Waals surface area contributed by atoms with Crippen molar-refractivity contribution in [2.45, 2.75) is 13.5 Å². The first-order valence-corrected chi connectivity index (χ1v) is 7.82. The molecule has 0 spiro atoms. The predicted octanol–water partition coefficient (Wildman–Crippen LogP) is 1.72. The van der Waals surface area contributed by atoms with Gasteiger partial charge in [0.05, 0.1) is 16.8 Å². The molecule has 4 rings (SSSR count). The van der Waals surface area contributed by atoms with Crippen molar-refractivity contribution in [3.63, 3.8) is 0 Å². The zero-order valence-electron chi connectivity index (χ0n) is 13.5. The van der Waals surface area contributed by atoms with Gasteiger partial charge >= 0.3 is 0 Å². The normalized spacial score (nSPS) is 13.0. The molecule has 8 heteroatoms. The quantitative estimate of drug-likeness (QED) is 0.701. The van der Waals surface area contributed by atoms with E-state index >= 15 is 0 Å². The van der Waals surface area contributed by atoms with Crippen LogP contribution in [0.2, 0.25) is 0 Å². The van der Waals surface area contributed by atoms with Crippen LogP contribution in [-0.4, -0.2) is 33.1 Å². The Labute approximate surface area is 142 Å². The second-order valence-corrected chi connectivity index (χ2v) is 5.70. The number of fused-ring (bicyclic) bond motifs is 2. The molecule has 0 amide bonds. The summed E-state index contributed by atoms with van der Waals surface area (Å²) in [6.45, 7) is 3.34. The van der Waals surface area contributed by atoms with Crippen molar-refractivity contribution in [3.05, 3.63) is 52.2 Å². The molecule has 8 nitrogen and oxygen atoms in total. The summed E-state index contributed by atoms with van der Waals surface area (Å²) in [7, 11) is 0. The maximum Gasteiger partial charge on any atom is 0.286 e. The zero-order valence-corrected chi connectivity index (χ0v) is 13.5. The number of benzene rings is 1. The van der Waals surface area contributed by atoms with Crippen LogP contribution in [0.5, 0.6) is 11.5 Å². The molecule has 0 saturated heterocycles. The molecule has 0 saturated carbocycles. The fourth-order valence-corrected chi connectivity index (χ4v) is 2.83. The molecule has 3 aromatic rings. The van der Waals surface area contributed by atoms with Crippen LogP contribution in [-0.2, 0) is 6.54 Å². The number of ether oxygens (including phenoxy) is 2. The van der Waals surface area contributed by atoms with Gasteiger partial charge < -0.3 is 20.0 Å². The molecular formula is C17H16N4O4. The number of anilines is 1. The lowest BCUT2D eigenvalue weighted by Crippen LogP contribution is -2.20. The van der Waals surface area contributed by atoms with Crippen LogP contribution in [0.3, 0.4) is 0 Å². The second-order valence-electron chi connectivity index (χ2n) is 5.70. The van der Waals surface area contributed by atoms with E-state index in [0.29, 0.717) is 47.0 Å². The molecule has 128 valence electrons. The summed E-state index contributed by atoms with van der Waals surface area (Å²) in [5, 5.41) is 13.7. The molecule has 0 atom stereocenters. The molecule has 0 fully saturated rings. The largest absolute Gasteiger partial charge is 0.486 e. The average molecular weight is 340 g/mol. The summed E-state index contributed by atoms with van der Waals surface area (Å²) in [4.78, 5) is 20.1. The van der Waals surface area contributed by atoms with Crippen LogP contribution in [0.4, 0.5) is 5.69 Å². The summed E-state index contributed by atoms with van der Waals surface area (Å²) in [6, 6.07) is 7.03. The molecule has 25 heavy (non-hydrogen) atoms. The van der Waals surface area contributed by atoms with E-state index in [1.807, 2.05) is 18.2 Å². The Kier molecular flexibility index (Phi) is 3.64. The standard InChI is InChI=1S/C17H16N4O4/c1-10-16-12(7-15(22)21(23)17(16)20-9-19-10)18-8-11-2-3-13-14(6-11)25-5-4-24-13/h2-3,6-7,9,18,23H,4-5,8H2,1H3. The van der Waals surface area contributed by atoms with Crippen LogP contribution in [0.15, 0.2) is 35.4 Å². The van der Waals surface area contributed by atoms with Crippen LogP contribution < -0.4 is 20.3 Å². The van der Waals surface area contributed by atoms with Crippen LogP contribution in [0, 0.1) is 6.92 Å². The first-order chi connectivity index (χ1) is 12.1. The number of hydrogen-bond acceptors (Lipinski definition) is 7. The van der Waals surface area contributed by atoms with Gasteiger partial charge in [-0.3, -0.25) is 4.79 Å². The Balaban J connectivity index is 1.67. The summed E-state index contributed by atoms with van der Waals surface area (Å²) >= 11 is 0. The Morgan fingerprint density at radius 1 is 1.20 bits per heavy atom. The van der Waals surface area contributed by atoms with E-state index in [0.717, 1.165) is 11.3 Å². The number of hydrogen-bond donors (Lipinski definition) is 2. The molecule has 0 unspecified atom stereocenters.